The first-order valence-corrected chi connectivity index (χ1v) is 6.34. The Labute approximate surface area is 109 Å². The van der Waals surface area contributed by atoms with Gasteiger partial charge in [-0.15, -0.1) is 0 Å². The average molecular weight is 260 g/mol. The second-order valence-corrected chi connectivity index (χ2v) is 4.30. The first kappa shape index (κ1) is 15.4. The molecule has 1 fully saturated rings. The molecule has 106 valence electrons. The molecule has 0 aromatic rings. The van der Waals surface area contributed by atoms with Crippen molar-refractivity contribution < 1.29 is 19.0 Å². The highest BCUT2D eigenvalue weighted by atomic mass is 16.5. The SMILES string of the molecule is COCCN(CCOC)C(=O)CC1COCCN1. The van der Waals surface area contributed by atoms with Crippen LogP contribution in [-0.2, 0) is 19.0 Å². The largest absolute Gasteiger partial charge is 0.383 e. The van der Waals surface area contributed by atoms with Gasteiger partial charge < -0.3 is 24.4 Å². The molecule has 0 bridgehead atoms. The quantitative estimate of drug-likeness (QED) is 0.637. The number of carbonyl (C=O) groups excluding carboxylic acids is 1. The standard InChI is InChI=1S/C12H24N2O4/c1-16-7-4-14(5-8-17-2)12(15)9-11-10-18-6-3-13-11/h11,13H,3-10H2,1-2H3. The summed E-state index contributed by atoms with van der Waals surface area (Å²) in [6, 6.07) is 0.124. The lowest BCUT2D eigenvalue weighted by atomic mass is 10.2. The van der Waals surface area contributed by atoms with Crippen LogP contribution in [0.5, 0.6) is 0 Å². The Morgan fingerprint density at radius 1 is 1.33 bits per heavy atom. The highest BCUT2D eigenvalue weighted by Crippen LogP contribution is 2.03. The number of amides is 1. The molecule has 0 radical (unpaired) electrons. The maximum Gasteiger partial charge on any atom is 0.224 e. The second kappa shape index (κ2) is 9.27. The minimum atomic E-state index is 0.118. The van der Waals surface area contributed by atoms with Crippen LogP contribution in [0.4, 0.5) is 0 Å². The lowest BCUT2D eigenvalue weighted by Gasteiger charge is -2.27. The summed E-state index contributed by atoms with van der Waals surface area (Å²) in [7, 11) is 3.27. The van der Waals surface area contributed by atoms with Gasteiger partial charge in [-0.1, -0.05) is 0 Å². The zero-order valence-corrected chi connectivity index (χ0v) is 11.3. The van der Waals surface area contributed by atoms with Crippen LogP contribution in [0.2, 0.25) is 0 Å². The van der Waals surface area contributed by atoms with Crippen LogP contribution in [0, 0.1) is 0 Å². The lowest BCUT2D eigenvalue weighted by molar-refractivity contribution is -0.133. The van der Waals surface area contributed by atoms with Gasteiger partial charge in [-0.25, -0.2) is 0 Å². The van der Waals surface area contributed by atoms with Gasteiger partial charge in [-0.3, -0.25) is 4.79 Å². The van der Waals surface area contributed by atoms with Crippen molar-refractivity contribution in [3.05, 3.63) is 0 Å². The third-order valence-electron chi connectivity index (χ3n) is 2.90. The zero-order valence-electron chi connectivity index (χ0n) is 11.3. The Morgan fingerprint density at radius 3 is 2.50 bits per heavy atom. The van der Waals surface area contributed by atoms with E-state index < -0.39 is 0 Å². The Hall–Kier alpha value is -0.690. The van der Waals surface area contributed by atoms with Gasteiger partial charge in [0, 0.05) is 46.3 Å². The molecule has 0 aromatic heterocycles. The van der Waals surface area contributed by atoms with E-state index in [1.165, 1.54) is 0 Å². The molecule has 6 nitrogen and oxygen atoms in total. The van der Waals surface area contributed by atoms with Crippen molar-refractivity contribution in [3.8, 4) is 0 Å². The molecule has 1 amide bonds. The molecule has 18 heavy (non-hydrogen) atoms. The smallest absolute Gasteiger partial charge is 0.224 e. The molecule has 1 atom stereocenters. The van der Waals surface area contributed by atoms with Crippen LogP contribution in [0.3, 0.4) is 0 Å². The van der Waals surface area contributed by atoms with Gasteiger partial charge in [0.15, 0.2) is 0 Å². The molecule has 6 heteroatoms. The molecule has 1 saturated heterocycles. The van der Waals surface area contributed by atoms with E-state index in [0.29, 0.717) is 39.3 Å². The number of nitrogens with zero attached hydrogens (tertiary/aromatic N) is 1. The first-order valence-electron chi connectivity index (χ1n) is 6.34. The molecule has 0 saturated carbocycles. The number of hydrogen-bond donors (Lipinski definition) is 1. The van der Waals surface area contributed by atoms with Gasteiger partial charge in [0.05, 0.1) is 26.4 Å². The van der Waals surface area contributed by atoms with Crippen LogP contribution in [-0.4, -0.2) is 77.1 Å². The molecule has 0 aliphatic carbocycles. The predicted molar refractivity (Wildman–Crippen MR) is 67.6 cm³/mol. The monoisotopic (exact) mass is 260 g/mol. The normalized spacial score (nSPS) is 19.8. The van der Waals surface area contributed by atoms with Crippen molar-refractivity contribution in [2.24, 2.45) is 0 Å². The molecule has 1 heterocycles. The minimum Gasteiger partial charge on any atom is -0.383 e. The predicted octanol–water partition coefficient (Wildman–Crippen LogP) is -0.514. The topological polar surface area (TPSA) is 60.0 Å². The zero-order chi connectivity index (χ0) is 13.2. The number of carbonyl (C=O) groups is 1. The highest BCUT2D eigenvalue weighted by molar-refractivity contribution is 5.76. The van der Waals surface area contributed by atoms with Crippen molar-refractivity contribution in [2.75, 3.05) is 60.3 Å². The van der Waals surface area contributed by atoms with Gasteiger partial charge in [-0.2, -0.15) is 0 Å². The van der Waals surface area contributed by atoms with Gasteiger partial charge >= 0.3 is 0 Å². The Bertz CT molecular complexity index is 224. The van der Waals surface area contributed by atoms with E-state index in [9.17, 15) is 4.79 Å². The van der Waals surface area contributed by atoms with Gasteiger partial charge in [0.2, 0.25) is 5.91 Å². The summed E-state index contributed by atoms with van der Waals surface area (Å²) in [4.78, 5) is 13.9. The Kier molecular flexibility index (Phi) is 7.91. The fraction of sp³-hybridized carbons (Fsp3) is 0.917. The minimum absolute atomic E-state index is 0.118. The Balaban J connectivity index is 2.35. The number of rotatable bonds is 8. The fourth-order valence-corrected chi connectivity index (χ4v) is 1.85. The van der Waals surface area contributed by atoms with Gasteiger partial charge in [0.1, 0.15) is 0 Å². The van der Waals surface area contributed by atoms with E-state index >= 15 is 0 Å². The number of nitrogens with one attached hydrogen (secondary N) is 1. The molecule has 1 N–H and O–H groups in total. The highest BCUT2D eigenvalue weighted by Gasteiger charge is 2.20. The van der Waals surface area contributed by atoms with Crippen molar-refractivity contribution in [1.29, 1.82) is 0 Å². The summed E-state index contributed by atoms with van der Waals surface area (Å²) in [6.45, 7) is 4.44. The van der Waals surface area contributed by atoms with Crippen molar-refractivity contribution in [1.82, 2.24) is 10.2 Å². The number of hydrogen-bond acceptors (Lipinski definition) is 5. The number of ether oxygens (including phenoxy) is 3. The van der Waals surface area contributed by atoms with Crippen LogP contribution >= 0.6 is 0 Å². The fourth-order valence-electron chi connectivity index (χ4n) is 1.85. The summed E-state index contributed by atoms with van der Waals surface area (Å²) in [5, 5.41) is 3.28. The number of morpholine rings is 1. The molecule has 1 aliphatic heterocycles. The van der Waals surface area contributed by atoms with E-state index in [4.69, 9.17) is 14.2 Å². The third-order valence-corrected chi connectivity index (χ3v) is 2.90. The van der Waals surface area contributed by atoms with Crippen molar-refractivity contribution in [3.63, 3.8) is 0 Å². The molecular weight excluding hydrogens is 236 g/mol. The van der Waals surface area contributed by atoms with Crippen LogP contribution in [0.1, 0.15) is 6.42 Å². The number of methoxy groups -OCH3 is 2. The van der Waals surface area contributed by atoms with Crippen LogP contribution in [0.15, 0.2) is 0 Å². The van der Waals surface area contributed by atoms with Crippen molar-refractivity contribution in [2.45, 2.75) is 12.5 Å². The first-order chi connectivity index (χ1) is 8.77. The molecule has 1 rings (SSSR count). The second-order valence-electron chi connectivity index (χ2n) is 4.30. The van der Waals surface area contributed by atoms with Crippen LogP contribution < -0.4 is 5.32 Å². The maximum atomic E-state index is 12.1. The average Bonchev–Trinajstić information content (AvgIpc) is 2.40. The van der Waals surface area contributed by atoms with Crippen molar-refractivity contribution >= 4 is 5.91 Å². The lowest BCUT2D eigenvalue weighted by Crippen LogP contribution is -2.46. The molecule has 1 unspecified atom stereocenters. The molecule has 1 aliphatic rings. The molecule has 0 aromatic carbocycles. The maximum absolute atomic E-state index is 12.1. The molecular formula is C12H24N2O4. The summed E-state index contributed by atoms with van der Waals surface area (Å²) >= 11 is 0. The van der Waals surface area contributed by atoms with E-state index in [-0.39, 0.29) is 11.9 Å². The van der Waals surface area contributed by atoms with E-state index in [1.807, 2.05) is 0 Å². The van der Waals surface area contributed by atoms with Gasteiger partial charge in [0.25, 0.3) is 0 Å². The summed E-state index contributed by atoms with van der Waals surface area (Å²) in [5.41, 5.74) is 0. The van der Waals surface area contributed by atoms with Crippen LogP contribution in [0.25, 0.3) is 0 Å². The molecule has 0 spiro atoms. The van der Waals surface area contributed by atoms with Gasteiger partial charge in [-0.05, 0) is 0 Å². The summed E-state index contributed by atoms with van der Waals surface area (Å²) in [6.07, 6.45) is 0.466. The summed E-state index contributed by atoms with van der Waals surface area (Å²) < 4.78 is 15.4. The Morgan fingerprint density at radius 2 is 2.00 bits per heavy atom. The van der Waals surface area contributed by atoms with E-state index in [1.54, 1.807) is 19.1 Å². The van der Waals surface area contributed by atoms with E-state index in [2.05, 4.69) is 5.32 Å². The van der Waals surface area contributed by atoms with E-state index in [0.717, 1.165) is 13.2 Å². The summed E-state index contributed by atoms with van der Waals surface area (Å²) in [5.74, 6) is 0.118. The third kappa shape index (κ3) is 5.77.